The van der Waals surface area contributed by atoms with E-state index in [4.69, 9.17) is 0 Å². The Balaban J connectivity index is 1.94. The molecule has 0 aromatic heterocycles. The van der Waals surface area contributed by atoms with Gasteiger partial charge in [-0.1, -0.05) is 24.1 Å². The summed E-state index contributed by atoms with van der Waals surface area (Å²) >= 11 is 0. The standard InChI is InChI=1S/C16H24N2O2/c1-12-6-7-15(13(2)9-12)17-16(20)10-18-8-4-3-5-14(18)11-19/h6-7,9,14,19H,3-5,8,10-11H2,1-2H3,(H,17,20). The van der Waals surface area contributed by atoms with Crippen molar-refractivity contribution in [2.45, 2.75) is 39.2 Å². The van der Waals surface area contributed by atoms with E-state index >= 15 is 0 Å². The van der Waals surface area contributed by atoms with E-state index in [1.807, 2.05) is 26.0 Å². The van der Waals surface area contributed by atoms with Crippen molar-refractivity contribution in [1.29, 1.82) is 0 Å². The van der Waals surface area contributed by atoms with Crippen molar-refractivity contribution in [3.8, 4) is 0 Å². The molecule has 1 aliphatic rings. The number of hydrogen-bond donors (Lipinski definition) is 2. The van der Waals surface area contributed by atoms with Crippen molar-refractivity contribution >= 4 is 11.6 Å². The Labute approximate surface area is 120 Å². The quantitative estimate of drug-likeness (QED) is 0.885. The summed E-state index contributed by atoms with van der Waals surface area (Å²) in [6.45, 7) is 5.43. The van der Waals surface area contributed by atoms with E-state index in [0.29, 0.717) is 6.54 Å². The fourth-order valence-corrected chi connectivity index (χ4v) is 2.80. The van der Waals surface area contributed by atoms with Crippen LogP contribution in [0.1, 0.15) is 30.4 Å². The zero-order valence-corrected chi connectivity index (χ0v) is 12.4. The van der Waals surface area contributed by atoms with Crippen LogP contribution in [0, 0.1) is 13.8 Å². The summed E-state index contributed by atoms with van der Waals surface area (Å²) < 4.78 is 0. The first kappa shape index (κ1) is 15.0. The molecule has 0 spiro atoms. The molecule has 0 bridgehead atoms. The Morgan fingerprint density at radius 3 is 2.90 bits per heavy atom. The lowest BCUT2D eigenvalue weighted by Crippen LogP contribution is -2.45. The number of nitrogens with one attached hydrogen (secondary N) is 1. The van der Waals surface area contributed by atoms with E-state index in [2.05, 4.69) is 16.3 Å². The van der Waals surface area contributed by atoms with Gasteiger partial charge in [-0.2, -0.15) is 0 Å². The lowest BCUT2D eigenvalue weighted by atomic mass is 10.0. The number of aliphatic hydroxyl groups is 1. The van der Waals surface area contributed by atoms with Gasteiger partial charge >= 0.3 is 0 Å². The number of aryl methyl sites for hydroxylation is 2. The summed E-state index contributed by atoms with van der Waals surface area (Å²) in [5.74, 6) is -0.00250. The molecule has 4 heteroatoms. The number of nitrogens with zero attached hydrogens (tertiary/aromatic N) is 1. The second-order valence-corrected chi connectivity index (χ2v) is 5.67. The minimum atomic E-state index is -0.00250. The smallest absolute Gasteiger partial charge is 0.238 e. The molecule has 1 saturated heterocycles. The van der Waals surface area contributed by atoms with Gasteiger partial charge in [0.15, 0.2) is 0 Å². The molecule has 4 nitrogen and oxygen atoms in total. The van der Waals surface area contributed by atoms with E-state index in [-0.39, 0.29) is 18.6 Å². The Morgan fingerprint density at radius 1 is 1.40 bits per heavy atom. The van der Waals surface area contributed by atoms with E-state index in [1.54, 1.807) is 0 Å². The monoisotopic (exact) mass is 276 g/mol. The van der Waals surface area contributed by atoms with Crippen molar-refractivity contribution in [2.24, 2.45) is 0 Å². The van der Waals surface area contributed by atoms with Gasteiger partial charge in [0.25, 0.3) is 0 Å². The first-order chi connectivity index (χ1) is 9.60. The molecular formula is C16H24N2O2. The van der Waals surface area contributed by atoms with Crippen LogP contribution in [0.4, 0.5) is 5.69 Å². The van der Waals surface area contributed by atoms with Crippen LogP contribution in [-0.4, -0.2) is 41.7 Å². The summed E-state index contributed by atoms with van der Waals surface area (Å²) in [5, 5.41) is 12.3. The molecule has 1 aliphatic heterocycles. The SMILES string of the molecule is Cc1ccc(NC(=O)CN2CCCCC2CO)c(C)c1. The summed E-state index contributed by atoms with van der Waals surface area (Å²) in [6, 6.07) is 6.14. The van der Waals surface area contributed by atoms with Gasteiger partial charge in [-0.15, -0.1) is 0 Å². The molecule has 1 amide bonds. The summed E-state index contributed by atoms with van der Waals surface area (Å²) in [7, 11) is 0. The molecule has 20 heavy (non-hydrogen) atoms. The van der Waals surface area contributed by atoms with Crippen molar-refractivity contribution in [2.75, 3.05) is 25.0 Å². The third-order valence-corrected chi connectivity index (χ3v) is 3.96. The van der Waals surface area contributed by atoms with Crippen molar-refractivity contribution in [3.05, 3.63) is 29.3 Å². The summed E-state index contributed by atoms with van der Waals surface area (Å²) in [5.41, 5.74) is 3.14. The highest BCUT2D eigenvalue weighted by atomic mass is 16.3. The number of amides is 1. The molecule has 0 saturated carbocycles. The van der Waals surface area contributed by atoms with Crippen LogP contribution in [0.3, 0.4) is 0 Å². The molecule has 1 aromatic rings. The van der Waals surface area contributed by atoms with Crippen LogP contribution in [0.25, 0.3) is 0 Å². The second kappa shape index (κ2) is 6.86. The predicted molar refractivity (Wildman–Crippen MR) is 80.8 cm³/mol. The second-order valence-electron chi connectivity index (χ2n) is 5.67. The van der Waals surface area contributed by atoms with Gasteiger partial charge in [-0.3, -0.25) is 9.69 Å². The van der Waals surface area contributed by atoms with Gasteiger partial charge in [-0.25, -0.2) is 0 Å². The average Bonchev–Trinajstić information content (AvgIpc) is 2.42. The first-order valence-electron chi connectivity index (χ1n) is 7.32. The molecule has 1 heterocycles. The van der Waals surface area contributed by atoms with Crippen LogP contribution < -0.4 is 5.32 Å². The number of anilines is 1. The van der Waals surface area contributed by atoms with Crippen LogP contribution in [0.15, 0.2) is 18.2 Å². The van der Waals surface area contributed by atoms with Crippen molar-refractivity contribution in [1.82, 2.24) is 4.90 Å². The fraction of sp³-hybridized carbons (Fsp3) is 0.562. The lowest BCUT2D eigenvalue weighted by molar-refractivity contribution is -0.118. The topological polar surface area (TPSA) is 52.6 Å². The van der Waals surface area contributed by atoms with Gasteiger partial charge < -0.3 is 10.4 Å². The van der Waals surface area contributed by atoms with Gasteiger partial charge in [0.1, 0.15) is 0 Å². The maximum atomic E-state index is 12.1. The normalized spacial score (nSPS) is 19.9. The number of aliphatic hydroxyl groups excluding tert-OH is 1. The minimum Gasteiger partial charge on any atom is -0.395 e. The molecule has 0 radical (unpaired) electrons. The highest BCUT2D eigenvalue weighted by Crippen LogP contribution is 2.18. The van der Waals surface area contributed by atoms with Gasteiger partial charge in [0.2, 0.25) is 5.91 Å². The first-order valence-corrected chi connectivity index (χ1v) is 7.32. The maximum Gasteiger partial charge on any atom is 0.238 e. The van der Waals surface area contributed by atoms with E-state index < -0.39 is 0 Å². The number of carbonyl (C=O) groups is 1. The van der Waals surface area contributed by atoms with Crippen LogP contribution >= 0.6 is 0 Å². The third kappa shape index (κ3) is 3.81. The van der Waals surface area contributed by atoms with Crippen LogP contribution in [-0.2, 0) is 4.79 Å². The highest BCUT2D eigenvalue weighted by molar-refractivity contribution is 5.93. The minimum absolute atomic E-state index is 0.00250. The highest BCUT2D eigenvalue weighted by Gasteiger charge is 2.23. The Hall–Kier alpha value is -1.39. The molecule has 1 fully saturated rings. The molecule has 2 N–H and O–H groups in total. The molecular weight excluding hydrogens is 252 g/mol. The third-order valence-electron chi connectivity index (χ3n) is 3.96. The summed E-state index contributed by atoms with van der Waals surface area (Å²) in [6.07, 6.45) is 3.22. The number of piperidine rings is 1. The number of carbonyl (C=O) groups excluding carboxylic acids is 1. The number of likely N-dealkylation sites (tertiary alicyclic amines) is 1. The van der Waals surface area contributed by atoms with E-state index in [0.717, 1.165) is 37.1 Å². The molecule has 110 valence electrons. The van der Waals surface area contributed by atoms with Gasteiger partial charge in [0, 0.05) is 11.7 Å². The predicted octanol–water partition coefficient (Wildman–Crippen LogP) is 2.09. The van der Waals surface area contributed by atoms with E-state index in [1.165, 1.54) is 5.56 Å². The molecule has 1 aromatic carbocycles. The van der Waals surface area contributed by atoms with Gasteiger partial charge in [-0.05, 0) is 44.9 Å². The molecule has 0 aliphatic carbocycles. The van der Waals surface area contributed by atoms with Crippen molar-refractivity contribution in [3.63, 3.8) is 0 Å². The molecule has 1 atom stereocenters. The fourth-order valence-electron chi connectivity index (χ4n) is 2.80. The molecule has 2 rings (SSSR count). The van der Waals surface area contributed by atoms with Crippen LogP contribution in [0.2, 0.25) is 0 Å². The van der Waals surface area contributed by atoms with E-state index in [9.17, 15) is 9.90 Å². The maximum absolute atomic E-state index is 12.1. The largest absolute Gasteiger partial charge is 0.395 e. The number of hydrogen-bond acceptors (Lipinski definition) is 3. The Morgan fingerprint density at radius 2 is 2.20 bits per heavy atom. The molecule has 1 unspecified atom stereocenters. The Bertz CT molecular complexity index is 474. The van der Waals surface area contributed by atoms with Crippen LogP contribution in [0.5, 0.6) is 0 Å². The number of rotatable bonds is 4. The van der Waals surface area contributed by atoms with Gasteiger partial charge in [0.05, 0.1) is 13.2 Å². The zero-order chi connectivity index (χ0) is 14.5. The lowest BCUT2D eigenvalue weighted by Gasteiger charge is -2.33. The average molecular weight is 276 g/mol. The summed E-state index contributed by atoms with van der Waals surface area (Å²) in [4.78, 5) is 14.2. The number of benzene rings is 1. The van der Waals surface area contributed by atoms with Crippen molar-refractivity contribution < 1.29 is 9.90 Å². The Kier molecular flexibility index (Phi) is 5.15. The zero-order valence-electron chi connectivity index (χ0n) is 12.4.